The van der Waals surface area contributed by atoms with Crippen molar-refractivity contribution in [2.75, 3.05) is 18.0 Å². The molecule has 4 rings (SSSR count). The molecular weight excluding hydrogens is 310 g/mol. The molecule has 2 bridgehead atoms. The van der Waals surface area contributed by atoms with Gasteiger partial charge in [-0.3, -0.25) is 4.79 Å². The lowest BCUT2D eigenvalue weighted by Gasteiger charge is -2.51. The van der Waals surface area contributed by atoms with Crippen LogP contribution in [0.4, 0.5) is 5.69 Å². The van der Waals surface area contributed by atoms with Crippen LogP contribution < -0.4 is 4.90 Å². The van der Waals surface area contributed by atoms with Gasteiger partial charge in [0.2, 0.25) is 0 Å². The molecule has 1 aliphatic heterocycles. The molecular formula is C22H25NO2. The second-order valence-corrected chi connectivity index (χ2v) is 7.88. The van der Waals surface area contributed by atoms with Crippen molar-refractivity contribution in [1.29, 1.82) is 0 Å². The van der Waals surface area contributed by atoms with E-state index >= 15 is 0 Å². The molecule has 1 saturated heterocycles. The summed E-state index contributed by atoms with van der Waals surface area (Å²) in [4.78, 5) is 15.3. The predicted molar refractivity (Wildman–Crippen MR) is 99.8 cm³/mol. The molecule has 3 nitrogen and oxygen atoms in total. The third-order valence-electron chi connectivity index (χ3n) is 6.03. The summed E-state index contributed by atoms with van der Waals surface area (Å²) in [5.41, 5.74) is 2.55. The minimum Gasteiger partial charge on any atom is -0.389 e. The molecule has 0 spiro atoms. The molecule has 3 heteroatoms. The number of carbonyl (C=O) groups excluding carboxylic acids is 1. The van der Waals surface area contributed by atoms with Crippen molar-refractivity contribution in [3.05, 3.63) is 65.7 Å². The van der Waals surface area contributed by atoms with Crippen molar-refractivity contribution < 1.29 is 9.90 Å². The van der Waals surface area contributed by atoms with Gasteiger partial charge in [0, 0.05) is 24.7 Å². The average molecular weight is 335 g/mol. The number of nitrogens with zero attached hydrogens (tertiary/aromatic N) is 1. The second-order valence-electron chi connectivity index (χ2n) is 7.88. The van der Waals surface area contributed by atoms with E-state index in [2.05, 4.69) is 48.2 Å². The summed E-state index contributed by atoms with van der Waals surface area (Å²) in [6, 6.07) is 18.6. The Morgan fingerprint density at radius 1 is 1.00 bits per heavy atom. The fourth-order valence-electron chi connectivity index (χ4n) is 4.54. The number of para-hydroxylation sites is 1. The molecule has 130 valence electrons. The first-order valence-corrected chi connectivity index (χ1v) is 9.08. The highest BCUT2D eigenvalue weighted by Crippen LogP contribution is 2.47. The molecule has 2 aliphatic rings. The van der Waals surface area contributed by atoms with Gasteiger partial charge in [0.15, 0.2) is 0 Å². The maximum Gasteiger partial charge on any atom is 0.146 e. The van der Waals surface area contributed by atoms with Crippen LogP contribution in [0.2, 0.25) is 0 Å². The lowest BCUT2D eigenvalue weighted by atomic mass is 9.61. The van der Waals surface area contributed by atoms with Crippen molar-refractivity contribution >= 4 is 11.5 Å². The highest BCUT2D eigenvalue weighted by atomic mass is 16.3. The predicted octanol–water partition coefficient (Wildman–Crippen LogP) is 3.56. The Kier molecular flexibility index (Phi) is 3.92. The van der Waals surface area contributed by atoms with E-state index < -0.39 is 5.60 Å². The average Bonchev–Trinajstić information content (AvgIpc) is 2.60. The van der Waals surface area contributed by atoms with Crippen LogP contribution in [0, 0.1) is 18.8 Å². The van der Waals surface area contributed by atoms with Crippen molar-refractivity contribution in [2.24, 2.45) is 11.8 Å². The highest BCUT2D eigenvalue weighted by Gasteiger charge is 2.53. The molecule has 25 heavy (non-hydrogen) atoms. The lowest BCUT2D eigenvalue weighted by Crippen LogP contribution is -2.61. The van der Waals surface area contributed by atoms with Gasteiger partial charge in [-0.2, -0.15) is 0 Å². The van der Waals surface area contributed by atoms with Gasteiger partial charge in [-0.15, -0.1) is 0 Å². The normalized spacial score (nSPS) is 31.9. The topological polar surface area (TPSA) is 40.5 Å². The Labute approximate surface area is 149 Å². The van der Waals surface area contributed by atoms with Crippen molar-refractivity contribution in [2.45, 2.75) is 31.8 Å². The van der Waals surface area contributed by atoms with E-state index in [-0.39, 0.29) is 23.5 Å². The molecule has 0 amide bonds. The molecule has 2 aromatic carbocycles. The number of fused-ring (bicyclic) bond motifs is 2. The monoisotopic (exact) mass is 335 g/mol. The first-order chi connectivity index (χ1) is 12.0. The quantitative estimate of drug-likeness (QED) is 0.912. The Morgan fingerprint density at radius 3 is 2.36 bits per heavy atom. The Morgan fingerprint density at radius 2 is 1.68 bits per heavy atom. The lowest BCUT2D eigenvalue weighted by molar-refractivity contribution is -0.145. The number of piperidine rings is 1. The molecule has 1 saturated carbocycles. The van der Waals surface area contributed by atoms with Gasteiger partial charge in [0.05, 0.1) is 11.5 Å². The number of anilines is 1. The number of Topliss-reactive ketones (excluding diaryl/α,β-unsaturated/α-hetero) is 1. The number of aryl methyl sites for hydroxylation is 1. The van der Waals surface area contributed by atoms with E-state index in [0.717, 1.165) is 17.8 Å². The molecule has 1 N–H and O–H groups in total. The summed E-state index contributed by atoms with van der Waals surface area (Å²) in [5, 5.41) is 11.1. The second kappa shape index (κ2) is 5.99. The molecule has 4 atom stereocenters. The van der Waals surface area contributed by atoms with Crippen LogP contribution in [-0.4, -0.2) is 29.6 Å². The summed E-state index contributed by atoms with van der Waals surface area (Å²) in [7, 11) is 0. The van der Waals surface area contributed by atoms with E-state index in [4.69, 9.17) is 0 Å². The van der Waals surface area contributed by atoms with Crippen molar-refractivity contribution in [3.8, 4) is 0 Å². The maximum absolute atomic E-state index is 13.1. The number of aliphatic hydroxyl groups is 1. The minimum absolute atomic E-state index is 0.0538. The van der Waals surface area contributed by atoms with E-state index in [1.54, 1.807) is 0 Å². The van der Waals surface area contributed by atoms with Crippen LogP contribution in [0.1, 0.15) is 30.4 Å². The number of carbonyl (C=O) groups is 1. The molecule has 0 aromatic heterocycles. The fraction of sp³-hybridized carbons (Fsp3) is 0.409. The van der Waals surface area contributed by atoms with Crippen LogP contribution in [0.5, 0.6) is 0 Å². The summed E-state index contributed by atoms with van der Waals surface area (Å²) in [5.74, 6) is -0.0603. The van der Waals surface area contributed by atoms with Gasteiger partial charge in [-0.05, 0) is 43.9 Å². The molecule has 1 heterocycles. The Bertz CT molecular complexity index is 766. The zero-order valence-corrected chi connectivity index (χ0v) is 14.9. The summed E-state index contributed by atoms with van der Waals surface area (Å²) in [6.07, 6.45) is 0.653. The summed E-state index contributed by atoms with van der Waals surface area (Å²) >= 11 is 0. The zero-order valence-electron chi connectivity index (χ0n) is 14.9. The molecule has 1 aliphatic carbocycles. The van der Waals surface area contributed by atoms with Gasteiger partial charge in [-0.1, -0.05) is 48.0 Å². The fourth-order valence-corrected chi connectivity index (χ4v) is 4.54. The first-order valence-electron chi connectivity index (χ1n) is 9.08. The SMILES string of the molecule is Cc1ccc(C2CC(C)(O)C3CN(c4ccccc4)CC2C3=O)cc1. The highest BCUT2D eigenvalue weighted by molar-refractivity contribution is 5.89. The minimum atomic E-state index is -0.962. The smallest absolute Gasteiger partial charge is 0.146 e. The van der Waals surface area contributed by atoms with Crippen LogP contribution in [0.25, 0.3) is 0 Å². The van der Waals surface area contributed by atoms with E-state index in [0.29, 0.717) is 13.0 Å². The zero-order chi connectivity index (χ0) is 17.6. The van der Waals surface area contributed by atoms with E-state index in [9.17, 15) is 9.90 Å². The third kappa shape index (κ3) is 2.87. The van der Waals surface area contributed by atoms with Crippen LogP contribution in [-0.2, 0) is 4.79 Å². The Hall–Kier alpha value is -2.13. The Balaban J connectivity index is 1.71. The van der Waals surface area contributed by atoms with Crippen LogP contribution in [0.3, 0.4) is 0 Å². The largest absolute Gasteiger partial charge is 0.389 e. The number of hydrogen-bond acceptors (Lipinski definition) is 3. The van der Waals surface area contributed by atoms with E-state index in [1.807, 2.05) is 25.1 Å². The van der Waals surface area contributed by atoms with Gasteiger partial charge >= 0.3 is 0 Å². The molecule has 4 unspecified atom stereocenters. The standard InChI is InChI=1S/C22H25NO2/c1-15-8-10-16(11-9-15)18-12-22(2,25)20-14-23(13-19(18)21(20)24)17-6-4-3-5-7-17/h3-11,18-20,25H,12-14H2,1-2H3. The molecule has 2 aromatic rings. The number of benzene rings is 2. The van der Waals surface area contributed by atoms with Gasteiger partial charge in [0.1, 0.15) is 5.78 Å². The number of rotatable bonds is 2. The summed E-state index contributed by atoms with van der Waals surface area (Å²) < 4.78 is 0. The van der Waals surface area contributed by atoms with Gasteiger partial charge in [0.25, 0.3) is 0 Å². The van der Waals surface area contributed by atoms with Gasteiger partial charge in [-0.25, -0.2) is 0 Å². The van der Waals surface area contributed by atoms with Crippen LogP contribution in [0.15, 0.2) is 54.6 Å². The molecule has 0 radical (unpaired) electrons. The van der Waals surface area contributed by atoms with Gasteiger partial charge < -0.3 is 10.0 Å². The van der Waals surface area contributed by atoms with Crippen molar-refractivity contribution in [1.82, 2.24) is 0 Å². The van der Waals surface area contributed by atoms with E-state index in [1.165, 1.54) is 5.56 Å². The summed E-state index contributed by atoms with van der Waals surface area (Å²) in [6.45, 7) is 5.24. The number of ketones is 1. The van der Waals surface area contributed by atoms with Crippen LogP contribution >= 0.6 is 0 Å². The van der Waals surface area contributed by atoms with Crippen molar-refractivity contribution in [3.63, 3.8) is 0 Å². The molecule has 2 fully saturated rings. The number of hydrogen-bond donors (Lipinski definition) is 1. The first kappa shape index (κ1) is 16.3. The third-order valence-corrected chi connectivity index (χ3v) is 6.03. The maximum atomic E-state index is 13.1.